The summed E-state index contributed by atoms with van der Waals surface area (Å²) in [5.74, 6) is 1.07. The Morgan fingerprint density at radius 1 is 1.25 bits per heavy atom. The number of nitrogens with zero attached hydrogens (tertiary/aromatic N) is 3. The van der Waals surface area contributed by atoms with E-state index in [2.05, 4.69) is 40.3 Å². The van der Waals surface area contributed by atoms with E-state index < -0.39 is 0 Å². The van der Waals surface area contributed by atoms with Crippen LogP contribution in [0.3, 0.4) is 0 Å². The zero-order valence-corrected chi connectivity index (χ0v) is 14.5. The van der Waals surface area contributed by atoms with Crippen molar-refractivity contribution in [2.45, 2.75) is 39.2 Å². The van der Waals surface area contributed by atoms with Crippen molar-refractivity contribution in [3.63, 3.8) is 0 Å². The Hall–Kier alpha value is -2.14. The Morgan fingerprint density at radius 2 is 2.08 bits per heavy atom. The maximum absolute atomic E-state index is 10.1. The molecule has 1 aliphatic heterocycles. The van der Waals surface area contributed by atoms with Crippen LogP contribution in [0, 0.1) is 0 Å². The molecule has 0 amide bonds. The molecular weight excluding hydrogens is 300 g/mol. The highest BCUT2D eigenvalue weighted by Crippen LogP contribution is 2.30. The Labute approximate surface area is 143 Å². The van der Waals surface area contributed by atoms with Crippen LogP contribution in [-0.2, 0) is 6.42 Å². The number of hydrogen-bond acceptors (Lipinski definition) is 5. The highest BCUT2D eigenvalue weighted by molar-refractivity contribution is 5.70. The van der Waals surface area contributed by atoms with Gasteiger partial charge in [0.05, 0.1) is 5.69 Å². The molecule has 2 heterocycles. The molecule has 0 radical (unpaired) electrons. The first kappa shape index (κ1) is 16.7. The zero-order chi connectivity index (χ0) is 16.9. The molecule has 2 N–H and O–H groups in total. The largest absolute Gasteiger partial charge is 0.507 e. The van der Waals surface area contributed by atoms with Crippen LogP contribution < -0.4 is 5.32 Å². The Balaban J connectivity index is 1.80. The number of hydrogen-bond donors (Lipinski definition) is 2. The third-order valence-electron chi connectivity index (χ3n) is 4.72. The number of anilines is 1. The van der Waals surface area contributed by atoms with Crippen molar-refractivity contribution in [2.24, 2.45) is 0 Å². The van der Waals surface area contributed by atoms with Gasteiger partial charge in [-0.15, -0.1) is 10.2 Å². The molecule has 0 bridgehead atoms. The average Bonchev–Trinajstić information content (AvgIpc) is 2.62. The summed E-state index contributed by atoms with van der Waals surface area (Å²) in [6.45, 7) is 7.64. The molecule has 1 saturated heterocycles. The SMILES string of the molecule is CCc1cc(N[C@@H]2CCCN(CC)C2)nnc1-c1ccccc1O. The number of likely N-dealkylation sites (N-methyl/N-ethyl adjacent to an activating group) is 1. The van der Waals surface area contributed by atoms with E-state index in [1.54, 1.807) is 6.07 Å². The lowest BCUT2D eigenvalue weighted by molar-refractivity contribution is 0.226. The minimum atomic E-state index is 0.244. The smallest absolute Gasteiger partial charge is 0.149 e. The quantitative estimate of drug-likeness (QED) is 0.883. The molecule has 1 aliphatic rings. The molecule has 1 fully saturated rings. The Bertz CT molecular complexity index is 689. The van der Waals surface area contributed by atoms with E-state index in [1.807, 2.05) is 18.2 Å². The fraction of sp³-hybridized carbons (Fsp3) is 0.474. The van der Waals surface area contributed by atoms with Gasteiger partial charge in [0.15, 0.2) is 0 Å². The average molecular weight is 326 g/mol. The molecule has 0 unspecified atom stereocenters. The molecule has 0 aliphatic carbocycles. The summed E-state index contributed by atoms with van der Waals surface area (Å²) < 4.78 is 0. The molecule has 0 saturated carbocycles. The third-order valence-corrected chi connectivity index (χ3v) is 4.72. The molecule has 3 rings (SSSR count). The summed E-state index contributed by atoms with van der Waals surface area (Å²) in [4.78, 5) is 2.46. The van der Waals surface area contributed by atoms with Crippen molar-refractivity contribution < 1.29 is 5.11 Å². The van der Waals surface area contributed by atoms with Crippen LogP contribution in [0.5, 0.6) is 5.75 Å². The van der Waals surface area contributed by atoms with Crippen molar-refractivity contribution in [1.29, 1.82) is 0 Å². The standard InChI is InChI=1S/C19H26N4O/c1-3-14-12-18(20-15-8-7-11-23(4-2)13-15)21-22-19(14)16-9-5-6-10-17(16)24/h5-6,9-10,12,15,24H,3-4,7-8,11,13H2,1-2H3,(H,20,21)/t15-/m1/s1. The minimum Gasteiger partial charge on any atom is -0.507 e. The van der Waals surface area contributed by atoms with Crippen molar-refractivity contribution in [2.75, 3.05) is 25.0 Å². The second kappa shape index (κ2) is 7.62. The summed E-state index contributed by atoms with van der Waals surface area (Å²) in [5.41, 5.74) is 2.60. The summed E-state index contributed by atoms with van der Waals surface area (Å²) in [7, 11) is 0. The van der Waals surface area contributed by atoms with E-state index >= 15 is 0 Å². The van der Waals surface area contributed by atoms with Crippen molar-refractivity contribution in [1.82, 2.24) is 15.1 Å². The van der Waals surface area contributed by atoms with E-state index in [4.69, 9.17) is 0 Å². The minimum absolute atomic E-state index is 0.244. The first-order valence-corrected chi connectivity index (χ1v) is 8.85. The molecular formula is C19H26N4O. The number of aryl methyl sites for hydroxylation is 1. The van der Waals surface area contributed by atoms with Gasteiger partial charge in [-0.25, -0.2) is 0 Å². The Kier molecular flexibility index (Phi) is 5.30. The lowest BCUT2D eigenvalue weighted by Gasteiger charge is -2.32. The maximum Gasteiger partial charge on any atom is 0.149 e. The van der Waals surface area contributed by atoms with E-state index in [9.17, 15) is 5.11 Å². The normalized spacial score (nSPS) is 18.5. The van der Waals surface area contributed by atoms with Gasteiger partial charge >= 0.3 is 0 Å². The van der Waals surface area contributed by atoms with Gasteiger partial charge < -0.3 is 15.3 Å². The van der Waals surface area contributed by atoms with Gasteiger partial charge in [0, 0.05) is 18.2 Å². The molecule has 0 spiro atoms. The zero-order valence-electron chi connectivity index (χ0n) is 14.5. The monoisotopic (exact) mass is 326 g/mol. The summed E-state index contributed by atoms with van der Waals surface area (Å²) >= 11 is 0. The third kappa shape index (κ3) is 3.67. The van der Waals surface area contributed by atoms with E-state index in [0.29, 0.717) is 6.04 Å². The molecule has 24 heavy (non-hydrogen) atoms. The number of para-hydroxylation sites is 1. The predicted molar refractivity (Wildman–Crippen MR) is 97.3 cm³/mol. The van der Waals surface area contributed by atoms with Crippen LogP contribution in [0.25, 0.3) is 11.3 Å². The highest BCUT2D eigenvalue weighted by Gasteiger charge is 2.19. The molecule has 2 aromatic rings. The van der Waals surface area contributed by atoms with Crippen molar-refractivity contribution >= 4 is 5.82 Å². The number of aromatic nitrogens is 2. The number of phenolic OH excluding ortho intramolecular Hbond substituents is 1. The van der Waals surface area contributed by atoms with Gasteiger partial charge in [-0.05, 0) is 56.1 Å². The number of aromatic hydroxyl groups is 1. The van der Waals surface area contributed by atoms with Gasteiger partial charge in [-0.1, -0.05) is 26.0 Å². The number of nitrogens with one attached hydrogen (secondary N) is 1. The number of phenols is 1. The van der Waals surface area contributed by atoms with Crippen LogP contribution >= 0.6 is 0 Å². The van der Waals surface area contributed by atoms with Gasteiger partial charge in [0.1, 0.15) is 11.6 Å². The van der Waals surface area contributed by atoms with Crippen LogP contribution in [-0.4, -0.2) is 45.9 Å². The van der Waals surface area contributed by atoms with Gasteiger partial charge in [-0.3, -0.25) is 0 Å². The number of rotatable bonds is 5. The maximum atomic E-state index is 10.1. The molecule has 128 valence electrons. The van der Waals surface area contributed by atoms with Crippen LogP contribution in [0.15, 0.2) is 30.3 Å². The summed E-state index contributed by atoms with van der Waals surface area (Å²) in [6, 6.07) is 9.78. The van der Waals surface area contributed by atoms with Crippen molar-refractivity contribution in [3.05, 3.63) is 35.9 Å². The van der Waals surface area contributed by atoms with Crippen LogP contribution in [0.4, 0.5) is 5.82 Å². The Morgan fingerprint density at radius 3 is 2.83 bits per heavy atom. The molecule has 1 aromatic carbocycles. The van der Waals surface area contributed by atoms with E-state index in [0.717, 1.165) is 42.1 Å². The number of likely N-dealkylation sites (tertiary alicyclic amines) is 1. The van der Waals surface area contributed by atoms with E-state index in [1.165, 1.54) is 19.4 Å². The van der Waals surface area contributed by atoms with Gasteiger partial charge in [0.25, 0.3) is 0 Å². The second-order valence-corrected chi connectivity index (χ2v) is 6.35. The summed E-state index contributed by atoms with van der Waals surface area (Å²) in [5, 5.41) is 22.4. The molecule has 5 heteroatoms. The fourth-order valence-corrected chi connectivity index (χ4v) is 3.34. The highest BCUT2D eigenvalue weighted by atomic mass is 16.3. The first-order chi connectivity index (χ1) is 11.7. The fourth-order valence-electron chi connectivity index (χ4n) is 3.34. The lowest BCUT2D eigenvalue weighted by Crippen LogP contribution is -2.42. The van der Waals surface area contributed by atoms with Crippen LogP contribution in [0.2, 0.25) is 0 Å². The molecule has 5 nitrogen and oxygen atoms in total. The summed E-state index contributed by atoms with van der Waals surface area (Å²) in [6.07, 6.45) is 3.23. The lowest BCUT2D eigenvalue weighted by atomic mass is 10.0. The van der Waals surface area contributed by atoms with Crippen LogP contribution in [0.1, 0.15) is 32.3 Å². The predicted octanol–water partition coefficient (Wildman–Crippen LogP) is 3.31. The molecule has 1 atom stereocenters. The van der Waals surface area contributed by atoms with E-state index in [-0.39, 0.29) is 5.75 Å². The van der Waals surface area contributed by atoms with Gasteiger partial charge in [0.2, 0.25) is 0 Å². The number of benzene rings is 1. The number of piperidine rings is 1. The molecule has 1 aromatic heterocycles. The second-order valence-electron chi connectivity index (χ2n) is 6.35. The van der Waals surface area contributed by atoms with Crippen molar-refractivity contribution in [3.8, 4) is 17.0 Å². The topological polar surface area (TPSA) is 61.3 Å². The van der Waals surface area contributed by atoms with Gasteiger partial charge in [-0.2, -0.15) is 0 Å². The first-order valence-electron chi connectivity index (χ1n) is 8.85.